The van der Waals surface area contributed by atoms with E-state index in [2.05, 4.69) is 6.07 Å². The molecule has 0 atom stereocenters. The van der Waals surface area contributed by atoms with E-state index in [4.69, 9.17) is 39.5 Å². The Morgan fingerprint density at radius 3 is 2.14 bits per heavy atom. The molecular formula is C22H13Cl3FNO. The van der Waals surface area contributed by atoms with Crippen molar-refractivity contribution in [2.24, 2.45) is 0 Å². The van der Waals surface area contributed by atoms with E-state index in [1.165, 1.54) is 12.1 Å². The summed E-state index contributed by atoms with van der Waals surface area (Å²) in [6, 6.07) is 18.4. The first kappa shape index (κ1) is 20.2. The van der Waals surface area contributed by atoms with Gasteiger partial charge in [-0.25, -0.2) is 4.39 Å². The number of rotatable bonds is 5. The highest BCUT2D eigenvalue weighted by atomic mass is 35.5. The molecule has 0 heterocycles. The van der Waals surface area contributed by atoms with Crippen molar-refractivity contribution in [2.45, 2.75) is 6.61 Å². The van der Waals surface area contributed by atoms with Gasteiger partial charge in [-0.05, 0) is 59.2 Å². The summed E-state index contributed by atoms with van der Waals surface area (Å²) in [4.78, 5) is 0. The lowest BCUT2D eigenvalue weighted by molar-refractivity contribution is 0.306. The maximum atomic E-state index is 13.0. The summed E-state index contributed by atoms with van der Waals surface area (Å²) in [5, 5.41) is 10.7. The van der Waals surface area contributed by atoms with E-state index in [0.29, 0.717) is 32.0 Å². The number of allylic oxidation sites excluding steroid dienone is 1. The van der Waals surface area contributed by atoms with E-state index in [0.717, 1.165) is 11.1 Å². The zero-order chi connectivity index (χ0) is 20.1. The second-order valence-corrected chi connectivity index (χ2v) is 7.16. The van der Waals surface area contributed by atoms with Gasteiger partial charge in [0.25, 0.3) is 0 Å². The maximum Gasteiger partial charge on any atom is 0.157 e. The van der Waals surface area contributed by atoms with Gasteiger partial charge in [0.2, 0.25) is 0 Å². The highest BCUT2D eigenvalue weighted by Gasteiger charge is 2.11. The fourth-order valence-electron chi connectivity index (χ4n) is 2.51. The number of hydrogen-bond donors (Lipinski definition) is 0. The molecule has 3 aromatic carbocycles. The van der Waals surface area contributed by atoms with Crippen LogP contribution in [0, 0.1) is 17.1 Å². The third-order valence-corrected chi connectivity index (χ3v) is 4.72. The molecular weight excluding hydrogens is 420 g/mol. The summed E-state index contributed by atoms with van der Waals surface area (Å²) >= 11 is 18.5. The van der Waals surface area contributed by atoms with E-state index in [-0.39, 0.29) is 12.4 Å². The number of halogens is 4. The Kier molecular flexibility index (Phi) is 6.59. The SMILES string of the molecule is N#C/C(=C\c1cc(Cl)c(OCc2ccc(F)cc2)c(Cl)c1)c1ccc(Cl)cc1. The molecule has 0 spiro atoms. The Bertz CT molecular complexity index is 1030. The third-order valence-electron chi connectivity index (χ3n) is 3.90. The summed E-state index contributed by atoms with van der Waals surface area (Å²) in [6.45, 7) is 0.198. The van der Waals surface area contributed by atoms with E-state index in [1.807, 2.05) is 0 Å². The molecule has 0 aliphatic rings. The summed E-state index contributed by atoms with van der Waals surface area (Å²) in [6.07, 6.45) is 1.69. The van der Waals surface area contributed by atoms with Gasteiger partial charge in [0.1, 0.15) is 12.4 Å². The van der Waals surface area contributed by atoms with E-state index in [1.54, 1.807) is 54.6 Å². The monoisotopic (exact) mass is 431 g/mol. The minimum absolute atomic E-state index is 0.198. The second kappa shape index (κ2) is 9.12. The van der Waals surface area contributed by atoms with Crippen LogP contribution >= 0.6 is 34.8 Å². The Hall–Kier alpha value is -2.51. The summed E-state index contributed by atoms with van der Waals surface area (Å²) in [5.41, 5.74) is 2.63. The van der Waals surface area contributed by atoms with Crippen molar-refractivity contribution in [2.75, 3.05) is 0 Å². The first-order chi connectivity index (χ1) is 13.5. The van der Waals surface area contributed by atoms with Crippen LogP contribution < -0.4 is 4.74 Å². The van der Waals surface area contributed by atoms with Gasteiger partial charge in [0, 0.05) is 5.02 Å². The number of benzene rings is 3. The van der Waals surface area contributed by atoms with Crippen LogP contribution in [0.2, 0.25) is 15.1 Å². The first-order valence-electron chi connectivity index (χ1n) is 8.20. The molecule has 0 bridgehead atoms. The van der Waals surface area contributed by atoms with Crippen LogP contribution in [0.5, 0.6) is 5.75 Å². The Morgan fingerprint density at radius 1 is 0.964 bits per heavy atom. The molecule has 6 heteroatoms. The van der Waals surface area contributed by atoms with Gasteiger partial charge in [-0.1, -0.05) is 59.1 Å². The largest absolute Gasteiger partial charge is 0.486 e. The predicted molar refractivity (Wildman–Crippen MR) is 112 cm³/mol. The molecule has 0 unspecified atom stereocenters. The standard InChI is InChI=1S/C22H13Cl3FNO/c23-18-5-3-16(4-6-18)17(12-27)9-15-10-20(24)22(21(25)11-15)28-13-14-1-7-19(26)8-2-14/h1-11H,13H2/b17-9+. The number of hydrogen-bond acceptors (Lipinski definition) is 2. The van der Waals surface area contributed by atoms with Gasteiger partial charge in [-0.15, -0.1) is 0 Å². The molecule has 28 heavy (non-hydrogen) atoms. The Labute approximate surface area is 177 Å². The lowest BCUT2D eigenvalue weighted by Crippen LogP contribution is -1.97. The molecule has 0 aromatic heterocycles. The van der Waals surface area contributed by atoms with Crippen molar-refractivity contribution in [3.05, 3.63) is 98.2 Å². The van der Waals surface area contributed by atoms with Gasteiger partial charge in [-0.2, -0.15) is 5.26 Å². The number of nitriles is 1. The average molecular weight is 433 g/mol. The molecule has 0 fully saturated rings. The fourth-order valence-corrected chi connectivity index (χ4v) is 3.25. The van der Waals surface area contributed by atoms with Crippen molar-refractivity contribution in [3.8, 4) is 11.8 Å². The zero-order valence-corrected chi connectivity index (χ0v) is 16.7. The average Bonchev–Trinajstić information content (AvgIpc) is 2.67. The molecule has 0 N–H and O–H groups in total. The topological polar surface area (TPSA) is 33.0 Å². The van der Waals surface area contributed by atoms with Crippen LogP contribution in [0.25, 0.3) is 11.6 Å². The van der Waals surface area contributed by atoms with Crippen molar-refractivity contribution in [1.29, 1.82) is 5.26 Å². The van der Waals surface area contributed by atoms with Crippen molar-refractivity contribution < 1.29 is 9.13 Å². The van der Waals surface area contributed by atoms with Crippen molar-refractivity contribution in [1.82, 2.24) is 0 Å². The molecule has 0 saturated carbocycles. The van der Waals surface area contributed by atoms with Gasteiger partial charge in [-0.3, -0.25) is 0 Å². The molecule has 0 saturated heterocycles. The second-order valence-electron chi connectivity index (χ2n) is 5.91. The summed E-state index contributed by atoms with van der Waals surface area (Å²) < 4.78 is 18.7. The molecule has 3 rings (SSSR count). The van der Waals surface area contributed by atoms with Crippen LogP contribution in [0.3, 0.4) is 0 Å². The van der Waals surface area contributed by atoms with Crippen LogP contribution in [0.4, 0.5) is 4.39 Å². The van der Waals surface area contributed by atoms with Crippen molar-refractivity contribution >= 4 is 46.5 Å². The molecule has 140 valence electrons. The Balaban J connectivity index is 1.83. The molecule has 0 aliphatic carbocycles. The quantitative estimate of drug-likeness (QED) is 0.310. The van der Waals surface area contributed by atoms with Gasteiger partial charge in [0.05, 0.1) is 21.7 Å². The van der Waals surface area contributed by atoms with Crippen LogP contribution in [0.1, 0.15) is 16.7 Å². The minimum atomic E-state index is -0.315. The van der Waals surface area contributed by atoms with Crippen LogP contribution in [-0.2, 0) is 6.61 Å². The lowest BCUT2D eigenvalue weighted by atomic mass is 10.0. The molecule has 0 aliphatic heterocycles. The fraction of sp³-hybridized carbons (Fsp3) is 0.0455. The van der Waals surface area contributed by atoms with Gasteiger partial charge >= 0.3 is 0 Å². The summed E-state index contributed by atoms with van der Waals surface area (Å²) in [7, 11) is 0. The normalized spacial score (nSPS) is 11.2. The smallest absolute Gasteiger partial charge is 0.157 e. The number of nitrogens with zero attached hydrogens (tertiary/aromatic N) is 1. The lowest BCUT2D eigenvalue weighted by Gasteiger charge is -2.11. The Morgan fingerprint density at radius 2 is 1.57 bits per heavy atom. The zero-order valence-electron chi connectivity index (χ0n) is 14.4. The van der Waals surface area contributed by atoms with Crippen LogP contribution in [-0.4, -0.2) is 0 Å². The highest BCUT2D eigenvalue weighted by Crippen LogP contribution is 2.36. The van der Waals surface area contributed by atoms with E-state index < -0.39 is 0 Å². The third kappa shape index (κ3) is 5.05. The predicted octanol–water partition coefficient (Wildman–Crippen LogP) is 7.43. The minimum Gasteiger partial charge on any atom is -0.486 e. The first-order valence-corrected chi connectivity index (χ1v) is 9.33. The molecule has 3 aromatic rings. The molecule has 2 nitrogen and oxygen atoms in total. The van der Waals surface area contributed by atoms with Gasteiger partial charge < -0.3 is 4.74 Å². The number of ether oxygens (including phenoxy) is 1. The molecule has 0 amide bonds. The van der Waals surface area contributed by atoms with Gasteiger partial charge in [0.15, 0.2) is 5.75 Å². The molecule has 0 radical (unpaired) electrons. The van der Waals surface area contributed by atoms with Crippen LogP contribution in [0.15, 0.2) is 60.7 Å². The van der Waals surface area contributed by atoms with E-state index >= 15 is 0 Å². The highest BCUT2D eigenvalue weighted by molar-refractivity contribution is 6.37. The van der Waals surface area contributed by atoms with Crippen molar-refractivity contribution in [3.63, 3.8) is 0 Å². The maximum absolute atomic E-state index is 13.0. The van der Waals surface area contributed by atoms with E-state index in [9.17, 15) is 9.65 Å². The summed E-state index contributed by atoms with van der Waals surface area (Å²) in [5.74, 6) is 0.0137.